The van der Waals surface area contributed by atoms with Gasteiger partial charge in [-0.05, 0) is 24.6 Å². The largest absolute Gasteiger partial charge is 0.491 e. The Morgan fingerprint density at radius 1 is 1.50 bits per heavy atom. The minimum absolute atomic E-state index is 0.151. The minimum atomic E-state index is -0.449. The molecule has 1 aliphatic rings. The van der Waals surface area contributed by atoms with Crippen LogP contribution >= 0.6 is 0 Å². The first-order valence-corrected chi connectivity index (χ1v) is 4.39. The van der Waals surface area contributed by atoms with Crippen molar-refractivity contribution in [1.29, 1.82) is 0 Å². The molecule has 1 aliphatic heterocycles. The summed E-state index contributed by atoms with van der Waals surface area (Å²) in [6.07, 6.45) is 0.257. The Kier molecular flexibility index (Phi) is 2.11. The summed E-state index contributed by atoms with van der Waals surface area (Å²) in [6.45, 7) is 2.07. The molecule has 0 fully saturated rings. The standard InChI is InChI=1S/C10H10FNO2/c1-6-4-7(11)10-8(5-6)14-3-2-9(13)12-10/h4-5H,2-3H2,1H3,(H,12,13). The Bertz CT molecular complexity index is 390. The van der Waals surface area contributed by atoms with E-state index in [0.717, 1.165) is 5.56 Å². The molecule has 1 aromatic carbocycles. The summed E-state index contributed by atoms with van der Waals surface area (Å²) >= 11 is 0. The van der Waals surface area contributed by atoms with Crippen LogP contribution in [0.25, 0.3) is 0 Å². The van der Waals surface area contributed by atoms with Gasteiger partial charge >= 0.3 is 0 Å². The quantitative estimate of drug-likeness (QED) is 0.686. The van der Waals surface area contributed by atoms with Crippen LogP contribution in [-0.4, -0.2) is 12.5 Å². The highest BCUT2D eigenvalue weighted by atomic mass is 19.1. The third-order valence-corrected chi connectivity index (χ3v) is 2.05. The van der Waals surface area contributed by atoms with Crippen LogP contribution in [0.4, 0.5) is 10.1 Å². The van der Waals surface area contributed by atoms with E-state index in [1.165, 1.54) is 6.07 Å². The highest BCUT2D eigenvalue weighted by Gasteiger charge is 2.17. The van der Waals surface area contributed by atoms with E-state index in [1.807, 2.05) is 0 Å². The van der Waals surface area contributed by atoms with Crippen molar-refractivity contribution in [3.63, 3.8) is 0 Å². The molecule has 0 radical (unpaired) electrons. The number of benzene rings is 1. The SMILES string of the molecule is Cc1cc(F)c2c(c1)OCCC(=O)N2. The van der Waals surface area contributed by atoms with Crippen LogP contribution in [-0.2, 0) is 4.79 Å². The second-order valence-corrected chi connectivity index (χ2v) is 3.27. The summed E-state index contributed by atoms with van der Waals surface area (Å²) in [6, 6.07) is 3.08. The molecule has 14 heavy (non-hydrogen) atoms. The fourth-order valence-corrected chi connectivity index (χ4v) is 1.40. The summed E-state index contributed by atoms with van der Waals surface area (Å²) in [5.41, 5.74) is 0.926. The lowest BCUT2D eigenvalue weighted by molar-refractivity contribution is -0.116. The van der Waals surface area contributed by atoms with Gasteiger partial charge in [0.2, 0.25) is 5.91 Å². The topological polar surface area (TPSA) is 38.3 Å². The maximum Gasteiger partial charge on any atom is 0.227 e. The van der Waals surface area contributed by atoms with Crippen molar-refractivity contribution in [2.75, 3.05) is 11.9 Å². The molecule has 74 valence electrons. The van der Waals surface area contributed by atoms with Crippen molar-refractivity contribution in [3.8, 4) is 5.75 Å². The first kappa shape index (κ1) is 8.99. The Morgan fingerprint density at radius 2 is 2.29 bits per heavy atom. The average molecular weight is 195 g/mol. The first-order valence-electron chi connectivity index (χ1n) is 4.39. The number of rotatable bonds is 0. The van der Waals surface area contributed by atoms with Gasteiger partial charge in [0.05, 0.1) is 13.0 Å². The predicted octanol–water partition coefficient (Wildman–Crippen LogP) is 1.86. The normalized spacial score (nSPS) is 15.1. The second-order valence-electron chi connectivity index (χ2n) is 3.27. The molecule has 1 aromatic rings. The van der Waals surface area contributed by atoms with Gasteiger partial charge < -0.3 is 10.1 Å². The maximum atomic E-state index is 13.4. The Labute approximate surface area is 80.9 Å². The number of carbonyl (C=O) groups excluding carboxylic acids is 1. The van der Waals surface area contributed by atoms with Crippen molar-refractivity contribution in [2.45, 2.75) is 13.3 Å². The molecule has 2 rings (SSSR count). The Balaban J connectivity index is 2.50. The predicted molar refractivity (Wildman–Crippen MR) is 49.9 cm³/mol. The lowest BCUT2D eigenvalue weighted by Gasteiger charge is -2.08. The van der Waals surface area contributed by atoms with E-state index < -0.39 is 5.82 Å². The number of ether oxygens (including phenoxy) is 1. The smallest absolute Gasteiger partial charge is 0.227 e. The number of amides is 1. The van der Waals surface area contributed by atoms with E-state index in [0.29, 0.717) is 12.4 Å². The van der Waals surface area contributed by atoms with E-state index in [-0.39, 0.29) is 18.0 Å². The number of nitrogens with one attached hydrogen (secondary N) is 1. The Hall–Kier alpha value is -1.58. The van der Waals surface area contributed by atoms with Crippen molar-refractivity contribution < 1.29 is 13.9 Å². The molecule has 1 heterocycles. The number of carbonyl (C=O) groups is 1. The molecule has 1 N–H and O–H groups in total. The highest BCUT2D eigenvalue weighted by Crippen LogP contribution is 2.30. The van der Waals surface area contributed by atoms with Gasteiger partial charge in [-0.3, -0.25) is 4.79 Å². The first-order chi connectivity index (χ1) is 6.66. The number of anilines is 1. The van der Waals surface area contributed by atoms with E-state index in [9.17, 15) is 9.18 Å². The van der Waals surface area contributed by atoms with Gasteiger partial charge in [0, 0.05) is 0 Å². The number of aryl methyl sites for hydroxylation is 1. The number of hydrogen-bond acceptors (Lipinski definition) is 2. The zero-order valence-electron chi connectivity index (χ0n) is 7.76. The van der Waals surface area contributed by atoms with Crippen LogP contribution in [0.3, 0.4) is 0 Å². The maximum absolute atomic E-state index is 13.4. The van der Waals surface area contributed by atoms with Crippen LogP contribution in [0.1, 0.15) is 12.0 Å². The van der Waals surface area contributed by atoms with Gasteiger partial charge in [-0.1, -0.05) is 0 Å². The molecule has 3 nitrogen and oxygen atoms in total. The van der Waals surface area contributed by atoms with Crippen LogP contribution in [0.5, 0.6) is 5.75 Å². The van der Waals surface area contributed by atoms with Crippen LogP contribution in [0.15, 0.2) is 12.1 Å². The van der Waals surface area contributed by atoms with Crippen molar-refractivity contribution in [1.82, 2.24) is 0 Å². The van der Waals surface area contributed by atoms with Crippen LogP contribution in [0.2, 0.25) is 0 Å². The van der Waals surface area contributed by atoms with E-state index >= 15 is 0 Å². The van der Waals surface area contributed by atoms with Crippen molar-refractivity contribution in [2.24, 2.45) is 0 Å². The zero-order chi connectivity index (χ0) is 10.1. The van der Waals surface area contributed by atoms with Crippen molar-refractivity contribution in [3.05, 3.63) is 23.5 Å². The molecule has 4 heteroatoms. The van der Waals surface area contributed by atoms with Crippen LogP contribution < -0.4 is 10.1 Å². The summed E-state index contributed by atoms with van der Waals surface area (Å²) in [5, 5.41) is 2.48. The van der Waals surface area contributed by atoms with Gasteiger partial charge in [0.1, 0.15) is 11.4 Å². The third kappa shape index (κ3) is 1.55. The van der Waals surface area contributed by atoms with E-state index in [1.54, 1.807) is 13.0 Å². The summed E-state index contributed by atoms with van der Waals surface area (Å²) in [5.74, 6) is -0.255. The molecular formula is C10H10FNO2. The summed E-state index contributed by atoms with van der Waals surface area (Å²) in [7, 11) is 0. The number of halogens is 1. The van der Waals surface area contributed by atoms with E-state index in [4.69, 9.17) is 4.74 Å². The average Bonchev–Trinajstić information content (AvgIpc) is 2.27. The molecule has 0 spiro atoms. The molecule has 1 amide bonds. The number of fused-ring (bicyclic) bond motifs is 1. The zero-order valence-corrected chi connectivity index (χ0v) is 7.76. The van der Waals surface area contributed by atoms with Gasteiger partial charge in [0.25, 0.3) is 0 Å². The van der Waals surface area contributed by atoms with Gasteiger partial charge in [-0.15, -0.1) is 0 Å². The minimum Gasteiger partial charge on any atom is -0.491 e. The lowest BCUT2D eigenvalue weighted by Crippen LogP contribution is -2.11. The summed E-state index contributed by atoms with van der Waals surface area (Å²) < 4.78 is 18.6. The fraction of sp³-hybridized carbons (Fsp3) is 0.300. The molecule has 0 unspecified atom stereocenters. The molecule has 0 aromatic heterocycles. The molecule has 0 saturated heterocycles. The number of hydrogen-bond donors (Lipinski definition) is 1. The third-order valence-electron chi connectivity index (χ3n) is 2.05. The van der Waals surface area contributed by atoms with E-state index in [2.05, 4.69) is 5.32 Å². The summed E-state index contributed by atoms with van der Waals surface area (Å²) in [4.78, 5) is 11.1. The second kappa shape index (κ2) is 3.29. The van der Waals surface area contributed by atoms with Crippen molar-refractivity contribution >= 4 is 11.6 Å². The van der Waals surface area contributed by atoms with Gasteiger partial charge in [-0.25, -0.2) is 4.39 Å². The molecule has 0 bridgehead atoms. The van der Waals surface area contributed by atoms with Gasteiger partial charge in [0.15, 0.2) is 5.82 Å². The Morgan fingerprint density at radius 3 is 3.07 bits per heavy atom. The lowest BCUT2D eigenvalue weighted by atomic mass is 10.2. The fourth-order valence-electron chi connectivity index (χ4n) is 1.40. The molecule has 0 saturated carbocycles. The monoisotopic (exact) mass is 195 g/mol. The molecular weight excluding hydrogens is 185 g/mol. The van der Waals surface area contributed by atoms with Crippen LogP contribution in [0, 0.1) is 12.7 Å². The molecule has 0 atom stereocenters. The molecule has 0 aliphatic carbocycles. The highest BCUT2D eigenvalue weighted by molar-refractivity contribution is 5.93. The van der Waals surface area contributed by atoms with Gasteiger partial charge in [-0.2, -0.15) is 0 Å².